The Kier molecular flexibility index (Phi) is 8.88. The zero-order chi connectivity index (χ0) is 14.6. The molecular formula is C17H29NO2. The van der Waals surface area contributed by atoms with E-state index in [1.807, 2.05) is 6.07 Å². The van der Waals surface area contributed by atoms with E-state index < -0.39 is 0 Å². The lowest BCUT2D eigenvalue weighted by Gasteiger charge is -2.09. The van der Waals surface area contributed by atoms with Gasteiger partial charge in [-0.25, -0.2) is 0 Å². The van der Waals surface area contributed by atoms with Gasteiger partial charge in [0.25, 0.3) is 0 Å². The molecule has 0 unspecified atom stereocenters. The molecule has 0 radical (unpaired) electrons. The molecule has 0 fully saturated rings. The normalized spacial score (nSPS) is 10.6. The molecule has 0 bridgehead atoms. The smallest absolute Gasteiger partial charge is 0.160 e. The number of nitrogens with one attached hydrogen (secondary N) is 1. The highest BCUT2D eigenvalue weighted by Crippen LogP contribution is 2.28. The summed E-state index contributed by atoms with van der Waals surface area (Å²) in [6.45, 7) is 4.51. The summed E-state index contributed by atoms with van der Waals surface area (Å²) < 4.78 is 10.6. The summed E-state index contributed by atoms with van der Waals surface area (Å²) in [5.74, 6) is 1.63. The minimum atomic E-state index is 0.804. The summed E-state index contributed by atoms with van der Waals surface area (Å²) in [7, 11) is 3.36. The molecule has 0 aromatic heterocycles. The molecule has 0 heterocycles. The molecule has 0 spiro atoms. The highest BCUT2D eigenvalue weighted by Gasteiger charge is 2.04. The van der Waals surface area contributed by atoms with Gasteiger partial charge in [0, 0.05) is 0 Å². The second kappa shape index (κ2) is 10.6. The average Bonchev–Trinajstić information content (AvgIpc) is 2.49. The Morgan fingerprint density at radius 1 is 0.900 bits per heavy atom. The molecule has 1 aromatic rings. The third-order valence-corrected chi connectivity index (χ3v) is 3.44. The molecule has 0 aliphatic rings. The van der Waals surface area contributed by atoms with Gasteiger partial charge < -0.3 is 14.8 Å². The maximum Gasteiger partial charge on any atom is 0.160 e. The topological polar surface area (TPSA) is 30.5 Å². The van der Waals surface area contributed by atoms with Crippen molar-refractivity contribution in [1.82, 2.24) is 5.32 Å². The maximum atomic E-state index is 5.33. The molecule has 1 N–H and O–H groups in total. The van der Waals surface area contributed by atoms with Gasteiger partial charge in [0.05, 0.1) is 14.2 Å². The second-order valence-electron chi connectivity index (χ2n) is 5.10. The Balaban J connectivity index is 2.18. The maximum absolute atomic E-state index is 5.33. The zero-order valence-corrected chi connectivity index (χ0v) is 13.2. The van der Waals surface area contributed by atoms with E-state index in [0.29, 0.717) is 0 Å². The van der Waals surface area contributed by atoms with E-state index in [4.69, 9.17) is 9.47 Å². The lowest BCUT2D eigenvalue weighted by atomic mass is 10.1. The van der Waals surface area contributed by atoms with Crippen LogP contribution in [0.15, 0.2) is 18.2 Å². The molecule has 0 atom stereocenters. The number of rotatable bonds is 11. The highest BCUT2D eigenvalue weighted by molar-refractivity contribution is 5.42. The number of hydrogen-bond donors (Lipinski definition) is 1. The fourth-order valence-electron chi connectivity index (χ4n) is 2.27. The summed E-state index contributed by atoms with van der Waals surface area (Å²) >= 11 is 0. The van der Waals surface area contributed by atoms with Crippen LogP contribution in [0.5, 0.6) is 11.5 Å². The number of unbranched alkanes of at least 4 members (excludes halogenated alkanes) is 3. The number of aryl methyl sites for hydroxylation is 1. The largest absolute Gasteiger partial charge is 0.493 e. The fourth-order valence-corrected chi connectivity index (χ4v) is 2.27. The van der Waals surface area contributed by atoms with Crippen molar-refractivity contribution in [3.05, 3.63) is 23.8 Å². The molecule has 3 nitrogen and oxygen atoms in total. The molecule has 114 valence electrons. The van der Waals surface area contributed by atoms with Gasteiger partial charge in [0.1, 0.15) is 0 Å². The Labute approximate surface area is 123 Å². The van der Waals surface area contributed by atoms with E-state index in [-0.39, 0.29) is 0 Å². The second-order valence-corrected chi connectivity index (χ2v) is 5.10. The lowest BCUT2D eigenvalue weighted by Crippen LogP contribution is -2.15. The Morgan fingerprint density at radius 2 is 1.65 bits per heavy atom. The number of benzene rings is 1. The highest BCUT2D eigenvalue weighted by atomic mass is 16.5. The summed E-state index contributed by atoms with van der Waals surface area (Å²) in [6, 6.07) is 6.20. The molecule has 1 rings (SSSR count). The first-order valence-electron chi connectivity index (χ1n) is 7.73. The molecule has 0 amide bonds. The Hall–Kier alpha value is -1.22. The third kappa shape index (κ3) is 6.29. The summed E-state index contributed by atoms with van der Waals surface area (Å²) in [5.41, 5.74) is 1.33. The van der Waals surface area contributed by atoms with Crippen LogP contribution in [0.2, 0.25) is 0 Å². The van der Waals surface area contributed by atoms with Crippen LogP contribution in [0.25, 0.3) is 0 Å². The summed E-state index contributed by atoms with van der Waals surface area (Å²) in [4.78, 5) is 0. The number of hydrogen-bond acceptors (Lipinski definition) is 3. The average molecular weight is 279 g/mol. The molecule has 0 aliphatic heterocycles. The standard InChI is InChI=1S/C17H29NO2/c1-4-12-18-13-8-6-5-7-9-15-10-11-16(19-2)17(14-15)20-3/h10-11,14,18H,4-9,12-13H2,1-3H3. The van der Waals surface area contributed by atoms with E-state index in [1.54, 1.807) is 14.2 Å². The van der Waals surface area contributed by atoms with Gasteiger partial charge in [-0.2, -0.15) is 0 Å². The van der Waals surface area contributed by atoms with Crippen LogP contribution < -0.4 is 14.8 Å². The van der Waals surface area contributed by atoms with Gasteiger partial charge in [-0.15, -0.1) is 0 Å². The minimum Gasteiger partial charge on any atom is -0.493 e. The molecule has 3 heteroatoms. The predicted molar refractivity (Wildman–Crippen MR) is 84.9 cm³/mol. The minimum absolute atomic E-state index is 0.804. The van der Waals surface area contributed by atoms with Gasteiger partial charge in [-0.1, -0.05) is 25.8 Å². The SMILES string of the molecule is CCCNCCCCCCc1ccc(OC)c(OC)c1. The third-order valence-electron chi connectivity index (χ3n) is 3.44. The Bertz CT molecular complexity index is 366. The van der Waals surface area contributed by atoms with Crippen LogP contribution in [-0.2, 0) is 6.42 Å². The van der Waals surface area contributed by atoms with Crippen molar-refractivity contribution >= 4 is 0 Å². The zero-order valence-electron chi connectivity index (χ0n) is 13.2. The molecule has 0 saturated carbocycles. The molecule has 0 saturated heterocycles. The van der Waals surface area contributed by atoms with E-state index >= 15 is 0 Å². The van der Waals surface area contributed by atoms with Crippen LogP contribution in [0.3, 0.4) is 0 Å². The van der Waals surface area contributed by atoms with Crippen molar-refractivity contribution in [2.75, 3.05) is 27.3 Å². The van der Waals surface area contributed by atoms with Crippen LogP contribution in [0.4, 0.5) is 0 Å². The first-order valence-corrected chi connectivity index (χ1v) is 7.73. The molecule has 1 aromatic carbocycles. The van der Waals surface area contributed by atoms with Crippen molar-refractivity contribution < 1.29 is 9.47 Å². The van der Waals surface area contributed by atoms with Gasteiger partial charge in [-0.3, -0.25) is 0 Å². The van der Waals surface area contributed by atoms with Crippen molar-refractivity contribution in [2.24, 2.45) is 0 Å². The van der Waals surface area contributed by atoms with Crippen molar-refractivity contribution in [3.63, 3.8) is 0 Å². The van der Waals surface area contributed by atoms with Gasteiger partial charge in [0.15, 0.2) is 11.5 Å². The summed E-state index contributed by atoms with van der Waals surface area (Å²) in [6.07, 6.45) is 7.46. The van der Waals surface area contributed by atoms with E-state index in [1.165, 1.54) is 37.7 Å². The number of ether oxygens (including phenoxy) is 2. The lowest BCUT2D eigenvalue weighted by molar-refractivity contribution is 0.354. The van der Waals surface area contributed by atoms with Gasteiger partial charge >= 0.3 is 0 Å². The van der Waals surface area contributed by atoms with E-state index in [2.05, 4.69) is 24.4 Å². The quantitative estimate of drug-likeness (QED) is 0.625. The van der Waals surface area contributed by atoms with E-state index in [0.717, 1.165) is 31.0 Å². The van der Waals surface area contributed by atoms with Crippen molar-refractivity contribution in [3.8, 4) is 11.5 Å². The number of methoxy groups -OCH3 is 2. The van der Waals surface area contributed by atoms with Crippen LogP contribution in [-0.4, -0.2) is 27.3 Å². The van der Waals surface area contributed by atoms with Crippen LogP contribution in [0, 0.1) is 0 Å². The first kappa shape index (κ1) is 16.8. The van der Waals surface area contributed by atoms with Gasteiger partial charge in [-0.05, 0) is 56.5 Å². The molecular weight excluding hydrogens is 250 g/mol. The monoisotopic (exact) mass is 279 g/mol. The molecule has 20 heavy (non-hydrogen) atoms. The first-order chi connectivity index (χ1) is 9.81. The van der Waals surface area contributed by atoms with Crippen molar-refractivity contribution in [1.29, 1.82) is 0 Å². The van der Waals surface area contributed by atoms with E-state index in [9.17, 15) is 0 Å². The summed E-state index contributed by atoms with van der Waals surface area (Å²) in [5, 5.41) is 3.44. The predicted octanol–water partition coefficient (Wildman–Crippen LogP) is 3.81. The van der Waals surface area contributed by atoms with Crippen LogP contribution >= 0.6 is 0 Å². The van der Waals surface area contributed by atoms with Crippen molar-refractivity contribution in [2.45, 2.75) is 45.4 Å². The molecule has 0 aliphatic carbocycles. The van der Waals surface area contributed by atoms with Crippen LogP contribution in [0.1, 0.15) is 44.6 Å². The Morgan fingerprint density at radius 3 is 2.35 bits per heavy atom. The van der Waals surface area contributed by atoms with Gasteiger partial charge in [0.2, 0.25) is 0 Å². The fraction of sp³-hybridized carbons (Fsp3) is 0.647.